The lowest BCUT2D eigenvalue weighted by Crippen LogP contribution is -2.26. The number of methoxy groups -OCH3 is 1. The molecule has 1 unspecified atom stereocenters. The maximum atomic E-state index is 12.2. The fourth-order valence-electron chi connectivity index (χ4n) is 2.99. The lowest BCUT2D eigenvalue weighted by molar-refractivity contribution is 0.0984. The van der Waals surface area contributed by atoms with Crippen molar-refractivity contribution < 1.29 is 23.8 Å². The number of carbonyl (C=O) groups is 2. The Kier molecular flexibility index (Phi) is 6.01. The molecule has 1 saturated heterocycles. The number of ketones is 1. The summed E-state index contributed by atoms with van der Waals surface area (Å²) in [5, 5.41) is 7.43. The summed E-state index contributed by atoms with van der Waals surface area (Å²) in [4.78, 5) is 25.6. The molecule has 8 heteroatoms. The molecule has 0 aliphatic carbocycles. The number of ether oxygens (including phenoxy) is 3. The molecule has 1 aliphatic rings. The van der Waals surface area contributed by atoms with Gasteiger partial charge >= 0.3 is 6.09 Å². The van der Waals surface area contributed by atoms with Crippen LogP contribution in [0.15, 0.2) is 42.5 Å². The van der Waals surface area contributed by atoms with E-state index in [1.165, 1.54) is 12.0 Å². The molecule has 152 valence electrons. The molecular weight excluding hydrogens is 374 g/mol. The summed E-state index contributed by atoms with van der Waals surface area (Å²) in [5.74, 6) is 0.907. The minimum absolute atomic E-state index is 0.0195. The van der Waals surface area contributed by atoms with Crippen molar-refractivity contribution in [2.24, 2.45) is 5.73 Å². The van der Waals surface area contributed by atoms with Crippen molar-refractivity contribution in [3.63, 3.8) is 0 Å². The Labute approximate surface area is 168 Å². The lowest BCUT2D eigenvalue weighted by atomic mass is 10.1. The zero-order valence-electron chi connectivity index (χ0n) is 16.3. The summed E-state index contributed by atoms with van der Waals surface area (Å²) in [6.45, 7) is 2.27. The van der Waals surface area contributed by atoms with E-state index in [4.69, 9.17) is 25.4 Å². The Morgan fingerprint density at radius 3 is 2.52 bits per heavy atom. The zero-order valence-corrected chi connectivity index (χ0v) is 16.3. The number of hydrogen-bond donors (Lipinski definition) is 2. The molecular formula is C21H23N3O5. The van der Waals surface area contributed by atoms with E-state index in [0.29, 0.717) is 41.3 Å². The number of nitrogens with one attached hydrogen (secondary N) is 1. The van der Waals surface area contributed by atoms with Gasteiger partial charge in [0, 0.05) is 23.2 Å². The van der Waals surface area contributed by atoms with Gasteiger partial charge < -0.3 is 19.9 Å². The molecule has 1 heterocycles. The molecule has 0 spiro atoms. The summed E-state index contributed by atoms with van der Waals surface area (Å²) >= 11 is 0. The van der Waals surface area contributed by atoms with E-state index >= 15 is 0 Å². The summed E-state index contributed by atoms with van der Waals surface area (Å²) in [6, 6.07) is 11.8. The number of cyclic esters (lactones) is 1. The van der Waals surface area contributed by atoms with Crippen molar-refractivity contribution in [3.8, 4) is 11.5 Å². The third-order valence-corrected chi connectivity index (χ3v) is 4.60. The van der Waals surface area contributed by atoms with Crippen LogP contribution in [0.5, 0.6) is 11.5 Å². The van der Waals surface area contributed by atoms with Gasteiger partial charge in [-0.1, -0.05) is 6.92 Å². The molecule has 2 aromatic carbocycles. The van der Waals surface area contributed by atoms with Gasteiger partial charge in [0.2, 0.25) is 0 Å². The van der Waals surface area contributed by atoms with E-state index in [-0.39, 0.29) is 18.2 Å². The molecule has 3 rings (SSSR count). The number of nitrogen functional groups attached to an aromatic ring is 1. The first-order valence-corrected chi connectivity index (χ1v) is 9.19. The molecule has 0 saturated carbocycles. The number of Topliss-reactive ketones (excluding diaryl/α,β-unsaturated/α-hetero) is 1. The fraction of sp³-hybridized carbons (Fsp3) is 0.286. The second-order valence-corrected chi connectivity index (χ2v) is 6.53. The van der Waals surface area contributed by atoms with Gasteiger partial charge in [-0.15, -0.1) is 0 Å². The van der Waals surface area contributed by atoms with Crippen LogP contribution >= 0.6 is 0 Å². The molecule has 1 atom stereocenters. The fourth-order valence-corrected chi connectivity index (χ4v) is 2.99. The standard InChI is InChI=1S/C21H23N3O5/c1-3-17(25)14-6-9-18(19(10-14)27-2)28-12-16-11-24(21(26)29-16)15-7-4-13(5-8-15)20(22)23/h4-10,16H,3,11-12H2,1-2H3,(H3,22,23). The third-order valence-electron chi connectivity index (χ3n) is 4.60. The van der Waals surface area contributed by atoms with Crippen molar-refractivity contribution in [3.05, 3.63) is 53.6 Å². The van der Waals surface area contributed by atoms with E-state index in [9.17, 15) is 9.59 Å². The van der Waals surface area contributed by atoms with Gasteiger partial charge in [-0.2, -0.15) is 0 Å². The van der Waals surface area contributed by atoms with Crippen LogP contribution in [-0.4, -0.2) is 44.1 Å². The summed E-state index contributed by atoms with van der Waals surface area (Å²) < 4.78 is 16.5. The van der Waals surface area contributed by atoms with Crippen molar-refractivity contribution >= 4 is 23.4 Å². The maximum absolute atomic E-state index is 12.2. The molecule has 0 radical (unpaired) electrons. The normalized spacial score (nSPS) is 15.7. The Morgan fingerprint density at radius 2 is 1.90 bits per heavy atom. The van der Waals surface area contributed by atoms with Crippen LogP contribution < -0.4 is 20.1 Å². The van der Waals surface area contributed by atoms with Crippen LogP contribution in [0, 0.1) is 5.41 Å². The first-order chi connectivity index (χ1) is 13.9. The van der Waals surface area contributed by atoms with E-state index in [1.54, 1.807) is 49.4 Å². The van der Waals surface area contributed by atoms with Gasteiger partial charge in [-0.05, 0) is 42.5 Å². The first kappa shape index (κ1) is 20.2. The third kappa shape index (κ3) is 4.48. The van der Waals surface area contributed by atoms with Crippen molar-refractivity contribution in [1.82, 2.24) is 0 Å². The van der Waals surface area contributed by atoms with Gasteiger partial charge in [-0.3, -0.25) is 15.1 Å². The average Bonchev–Trinajstić information content (AvgIpc) is 3.12. The van der Waals surface area contributed by atoms with E-state index < -0.39 is 12.2 Å². The highest BCUT2D eigenvalue weighted by molar-refractivity contribution is 5.97. The van der Waals surface area contributed by atoms with Gasteiger partial charge in [-0.25, -0.2) is 4.79 Å². The Morgan fingerprint density at radius 1 is 1.21 bits per heavy atom. The van der Waals surface area contributed by atoms with Crippen LogP contribution in [0.1, 0.15) is 29.3 Å². The molecule has 1 fully saturated rings. The topological polar surface area (TPSA) is 115 Å². The van der Waals surface area contributed by atoms with Crippen LogP contribution in [0.3, 0.4) is 0 Å². The Bertz CT molecular complexity index is 926. The number of rotatable bonds is 8. The number of hydrogen-bond acceptors (Lipinski definition) is 6. The minimum Gasteiger partial charge on any atom is -0.493 e. The smallest absolute Gasteiger partial charge is 0.414 e. The van der Waals surface area contributed by atoms with Crippen LogP contribution in [-0.2, 0) is 4.74 Å². The van der Waals surface area contributed by atoms with E-state index in [2.05, 4.69) is 0 Å². The van der Waals surface area contributed by atoms with E-state index in [0.717, 1.165) is 0 Å². The molecule has 8 nitrogen and oxygen atoms in total. The molecule has 1 amide bonds. The van der Waals surface area contributed by atoms with E-state index in [1.807, 2.05) is 0 Å². The summed E-state index contributed by atoms with van der Waals surface area (Å²) in [6.07, 6.45) is -0.522. The van der Waals surface area contributed by atoms with Crippen molar-refractivity contribution in [2.45, 2.75) is 19.4 Å². The highest BCUT2D eigenvalue weighted by Gasteiger charge is 2.33. The highest BCUT2D eigenvalue weighted by Crippen LogP contribution is 2.29. The quantitative estimate of drug-likeness (QED) is 0.402. The van der Waals surface area contributed by atoms with Crippen LogP contribution in [0.2, 0.25) is 0 Å². The van der Waals surface area contributed by atoms with Gasteiger partial charge in [0.15, 0.2) is 23.4 Å². The number of benzene rings is 2. The number of amidine groups is 1. The number of carbonyl (C=O) groups excluding carboxylic acids is 2. The first-order valence-electron chi connectivity index (χ1n) is 9.19. The number of anilines is 1. The number of nitrogens with two attached hydrogens (primary N) is 1. The number of amides is 1. The average molecular weight is 397 g/mol. The SMILES string of the molecule is CCC(=O)c1ccc(OCC2CN(c3ccc(C(=N)N)cc3)C(=O)O2)c(OC)c1. The zero-order chi connectivity index (χ0) is 21.0. The Balaban J connectivity index is 1.64. The Hall–Kier alpha value is -3.55. The van der Waals surface area contributed by atoms with Gasteiger partial charge in [0.05, 0.1) is 13.7 Å². The monoisotopic (exact) mass is 397 g/mol. The molecule has 29 heavy (non-hydrogen) atoms. The lowest BCUT2D eigenvalue weighted by Gasteiger charge is -2.15. The summed E-state index contributed by atoms with van der Waals surface area (Å²) in [5.41, 5.74) is 7.25. The second-order valence-electron chi connectivity index (χ2n) is 6.53. The predicted octanol–water partition coefficient (Wildman–Crippen LogP) is 2.98. The van der Waals surface area contributed by atoms with Gasteiger partial charge in [0.1, 0.15) is 12.4 Å². The summed E-state index contributed by atoms with van der Waals surface area (Å²) in [7, 11) is 1.50. The van der Waals surface area contributed by atoms with Crippen LogP contribution in [0.4, 0.5) is 10.5 Å². The molecule has 1 aliphatic heterocycles. The minimum atomic E-state index is -0.468. The number of nitrogens with zero attached hydrogens (tertiary/aromatic N) is 1. The molecule has 0 bridgehead atoms. The van der Waals surface area contributed by atoms with Gasteiger partial charge in [0.25, 0.3) is 0 Å². The highest BCUT2D eigenvalue weighted by atomic mass is 16.6. The molecule has 2 aromatic rings. The maximum Gasteiger partial charge on any atom is 0.414 e. The second kappa shape index (κ2) is 8.64. The molecule has 0 aromatic heterocycles. The predicted molar refractivity (Wildman–Crippen MR) is 108 cm³/mol. The van der Waals surface area contributed by atoms with Crippen molar-refractivity contribution in [2.75, 3.05) is 25.2 Å². The van der Waals surface area contributed by atoms with Crippen molar-refractivity contribution in [1.29, 1.82) is 5.41 Å². The van der Waals surface area contributed by atoms with Crippen LogP contribution in [0.25, 0.3) is 0 Å². The largest absolute Gasteiger partial charge is 0.493 e. The molecule has 3 N–H and O–H groups in total.